The molecule has 6 saturated heterocycles. The van der Waals surface area contributed by atoms with Gasteiger partial charge in [-0.1, -0.05) is 24.8 Å². The predicted octanol–water partition coefficient (Wildman–Crippen LogP) is 7.52. The van der Waals surface area contributed by atoms with Crippen molar-refractivity contribution in [1.82, 2.24) is 39.2 Å². The van der Waals surface area contributed by atoms with E-state index in [1.807, 2.05) is 30.0 Å². The Morgan fingerprint density at radius 3 is 2.39 bits per heavy atom. The molecule has 0 saturated carbocycles. The van der Waals surface area contributed by atoms with Gasteiger partial charge in [0, 0.05) is 88.1 Å². The number of fused-ring (bicyclic) bond motifs is 4. The van der Waals surface area contributed by atoms with Gasteiger partial charge in [-0.25, -0.2) is 18.4 Å². The van der Waals surface area contributed by atoms with Crippen molar-refractivity contribution in [3.63, 3.8) is 0 Å². The number of aliphatic hydroxyl groups is 1. The lowest BCUT2D eigenvalue weighted by molar-refractivity contribution is -0.135. The molecule has 0 spiro atoms. The summed E-state index contributed by atoms with van der Waals surface area (Å²) < 4.78 is 48.2. The van der Waals surface area contributed by atoms with Crippen molar-refractivity contribution in [3.8, 4) is 34.9 Å². The summed E-state index contributed by atoms with van der Waals surface area (Å²) in [6, 6.07) is 11.0. The van der Waals surface area contributed by atoms with Crippen LogP contribution in [0, 0.1) is 35.3 Å². The number of aryl methyl sites for hydroxylation is 2. The zero-order valence-electron chi connectivity index (χ0n) is 45.6. The summed E-state index contributed by atoms with van der Waals surface area (Å²) in [5.41, 5.74) is 1.24. The highest BCUT2D eigenvalue weighted by atomic mass is 19.1. The first-order valence-corrected chi connectivity index (χ1v) is 28.5. The molecule has 3 N–H and O–H groups in total. The minimum absolute atomic E-state index is 0.00633. The lowest BCUT2D eigenvalue weighted by atomic mass is 9.93. The van der Waals surface area contributed by atoms with Crippen LogP contribution in [-0.4, -0.2) is 138 Å². The number of carbonyl (C=O) groups excluding carboxylic acids is 3. The van der Waals surface area contributed by atoms with Crippen molar-refractivity contribution < 1.29 is 42.9 Å². The fourth-order valence-corrected chi connectivity index (χ4v) is 13.7. The number of halogens is 2. The number of nitrogens with zero attached hydrogens (tertiary/aromatic N) is 9. The zero-order chi connectivity index (χ0) is 55.6. The number of hydrogen-bond acceptors (Lipinski definition) is 14. The average molecular weight is 1100 g/mol. The zero-order valence-corrected chi connectivity index (χ0v) is 45.6. The van der Waals surface area contributed by atoms with Crippen LogP contribution in [0.1, 0.15) is 103 Å². The van der Waals surface area contributed by atoms with Crippen LogP contribution in [0.3, 0.4) is 0 Å². The number of hydrogen-bond donors (Lipinski definition) is 3. The summed E-state index contributed by atoms with van der Waals surface area (Å²) in [6.45, 7) is 8.49. The number of imidazole rings is 1. The smallest absolute Gasteiger partial charge is 0.409 e. The summed E-state index contributed by atoms with van der Waals surface area (Å²) in [4.78, 5) is 73.9. The van der Waals surface area contributed by atoms with Crippen molar-refractivity contribution in [2.75, 3.05) is 68.8 Å². The maximum atomic E-state index is 17.3. The molecule has 1 unspecified atom stereocenters. The number of phenols is 1. The molecule has 6 aliphatic rings. The van der Waals surface area contributed by atoms with Crippen molar-refractivity contribution >= 4 is 62.1 Å². The lowest BCUT2D eigenvalue weighted by Crippen LogP contribution is -2.48. The van der Waals surface area contributed by atoms with E-state index in [9.17, 15) is 29.4 Å². The topological polar surface area (TPSA) is 201 Å². The van der Waals surface area contributed by atoms with E-state index in [-0.39, 0.29) is 102 Å². The molecule has 6 aliphatic heterocycles. The quantitative estimate of drug-likeness (QED) is 0.0899. The SMILES string of the molecule is CCc1c(F)ccc2cc(O)cc(-c3ncc4c(N5CCC[C@@](C)(O)C5)nc(OC[C@@]56CCCN5[C@H](COC(=O)N5CCC(C#CC7CCN(c8ccc9c(c8)n(C)c(=O)n9C8CCC(=O)NC8=O)CC7)CC5)CC6)nc4c3F)c12. The normalized spacial score (nSPS) is 24.1. The minimum Gasteiger partial charge on any atom is -0.508 e. The Balaban J connectivity index is 0.664. The van der Waals surface area contributed by atoms with E-state index in [2.05, 4.69) is 31.9 Å². The number of rotatable bonds is 10. The second-order valence-corrected chi connectivity index (χ2v) is 23.2. The number of β-amino-alcohol motifs (C(OH)–C–C–N with tert-alkyl or cyclic N) is 1. The average Bonchev–Trinajstić information content (AvgIpc) is 4.24. The first kappa shape index (κ1) is 53.3. The van der Waals surface area contributed by atoms with Gasteiger partial charge in [0.15, 0.2) is 5.82 Å². The molecule has 9 heterocycles. The number of carbonyl (C=O) groups is 3. The highest BCUT2D eigenvalue weighted by Crippen LogP contribution is 2.44. The predicted molar refractivity (Wildman–Crippen MR) is 297 cm³/mol. The molecule has 0 aliphatic carbocycles. The molecule has 3 amide bonds. The Kier molecular flexibility index (Phi) is 14.2. The lowest BCUT2D eigenvalue weighted by Gasteiger charge is -2.38. The van der Waals surface area contributed by atoms with Gasteiger partial charge in [0.25, 0.3) is 0 Å². The van der Waals surface area contributed by atoms with E-state index in [1.54, 1.807) is 29.5 Å². The number of nitrogens with one attached hydrogen (secondary N) is 1. The minimum atomic E-state index is -1.01. The molecule has 6 aromatic rings. The first-order valence-electron chi connectivity index (χ1n) is 28.5. The number of aromatic nitrogens is 5. The Hall–Kier alpha value is -7.37. The molecule has 20 heteroatoms. The Labute approximate surface area is 462 Å². The number of amides is 3. The van der Waals surface area contributed by atoms with Crippen LogP contribution in [0.25, 0.3) is 44.0 Å². The molecule has 3 aromatic carbocycles. The van der Waals surface area contributed by atoms with Gasteiger partial charge in [-0.15, -0.1) is 0 Å². The van der Waals surface area contributed by atoms with E-state index >= 15 is 8.78 Å². The number of likely N-dealkylation sites (tertiary alicyclic amines) is 1. The number of ether oxygens (including phenoxy) is 2. The molecule has 3 aromatic heterocycles. The third-order valence-electron chi connectivity index (χ3n) is 18.0. The maximum absolute atomic E-state index is 17.3. The third-order valence-corrected chi connectivity index (χ3v) is 18.0. The van der Waals surface area contributed by atoms with Gasteiger partial charge in [-0.05, 0) is 143 Å². The highest BCUT2D eigenvalue weighted by Gasteiger charge is 2.50. The number of piperidine rings is 4. The molecule has 0 radical (unpaired) electrons. The van der Waals surface area contributed by atoms with Crippen LogP contribution < -0.4 is 25.5 Å². The number of aromatic hydroxyl groups is 1. The van der Waals surface area contributed by atoms with E-state index in [1.165, 1.54) is 29.0 Å². The molecule has 12 rings (SSSR count). The van der Waals surface area contributed by atoms with E-state index in [0.29, 0.717) is 72.0 Å². The Morgan fingerprint density at radius 2 is 1.64 bits per heavy atom. The van der Waals surface area contributed by atoms with Crippen LogP contribution >= 0.6 is 0 Å². The van der Waals surface area contributed by atoms with Gasteiger partial charge in [0.2, 0.25) is 11.8 Å². The summed E-state index contributed by atoms with van der Waals surface area (Å²) in [5, 5.41) is 25.6. The molecule has 6 fully saturated rings. The molecular formula is C60H68F2N10O8. The van der Waals surface area contributed by atoms with Gasteiger partial charge in [0.05, 0.1) is 27.6 Å². The number of benzene rings is 3. The van der Waals surface area contributed by atoms with Gasteiger partial charge < -0.3 is 34.4 Å². The van der Waals surface area contributed by atoms with Crippen LogP contribution in [0.2, 0.25) is 0 Å². The van der Waals surface area contributed by atoms with E-state index in [4.69, 9.17) is 19.4 Å². The van der Waals surface area contributed by atoms with Crippen LogP contribution in [-0.2, 0) is 27.8 Å². The second-order valence-electron chi connectivity index (χ2n) is 23.2. The number of phenolic OH excluding ortho intramolecular Hbond substituents is 1. The number of anilines is 2. The standard InChI is InChI=1S/C60H68F2N10O8/c1-4-42-45(61)11-9-38-29-41(73)31-43(50(38)42)52-51(62)53-44(32-63-52)54(70-23-5-20-59(2,78)34-70)66-56(65-53)80-35-60-21-6-24-71(60)40(15-22-60)33-79-58(77)69-27-18-37(19-28-69)8-7-36-16-25-68(26-17-36)39-10-12-46-48(30-39)67(3)57(76)72(46)47-13-14-49(74)64-55(47)75/h9-12,29-32,36-37,40,47,73,78H,4-6,13-28,33-35H2,1-3H3,(H,64,74,75)/t40-,47?,59+,60-/m0/s1. The second kappa shape index (κ2) is 21.3. The Bertz CT molecular complexity index is 3580. The van der Waals surface area contributed by atoms with Gasteiger partial charge in [0.1, 0.15) is 47.9 Å². The fourth-order valence-electron chi connectivity index (χ4n) is 13.7. The largest absolute Gasteiger partial charge is 0.508 e. The molecule has 4 atom stereocenters. The van der Waals surface area contributed by atoms with Crippen molar-refractivity contribution in [1.29, 1.82) is 0 Å². The first-order chi connectivity index (χ1) is 38.6. The summed E-state index contributed by atoms with van der Waals surface area (Å²) in [6.07, 6.45) is 10.0. The summed E-state index contributed by atoms with van der Waals surface area (Å²) >= 11 is 0. The van der Waals surface area contributed by atoms with Gasteiger partial charge >= 0.3 is 17.8 Å². The summed E-state index contributed by atoms with van der Waals surface area (Å²) in [7, 11) is 1.71. The van der Waals surface area contributed by atoms with E-state index in [0.717, 1.165) is 82.2 Å². The van der Waals surface area contributed by atoms with Gasteiger partial charge in [-0.3, -0.25) is 33.9 Å². The monoisotopic (exact) mass is 1090 g/mol. The van der Waals surface area contributed by atoms with Crippen LogP contribution in [0.5, 0.6) is 11.8 Å². The molecule has 420 valence electrons. The molecular weight excluding hydrogens is 1030 g/mol. The van der Waals surface area contributed by atoms with Crippen LogP contribution in [0.4, 0.5) is 25.1 Å². The maximum Gasteiger partial charge on any atom is 0.409 e. The fraction of sp³-hybridized carbons (Fsp3) is 0.517. The summed E-state index contributed by atoms with van der Waals surface area (Å²) in [5.74, 6) is 5.88. The number of imide groups is 1. The number of pyridine rings is 1. The Morgan fingerprint density at radius 1 is 0.875 bits per heavy atom. The van der Waals surface area contributed by atoms with Crippen molar-refractivity contribution in [2.45, 2.75) is 121 Å². The third kappa shape index (κ3) is 9.94. The highest BCUT2D eigenvalue weighted by molar-refractivity contribution is 6.02. The molecule has 80 heavy (non-hydrogen) atoms. The van der Waals surface area contributed by atoms with Crippen molar-refractivity contribution in [3.05, 3.63) is 76.3 Å². The molecule has 18 nitrogen and oxygen atoms in total. The van der Waals surface area contributed by atoms with E-state index < -0.39 is 29.2 Å². The van der Waals surface area contributed by atoms with Gasteiger partial charge in [-0.2, -0.15) is 9.97 Å². The molecule has 0 bridgehead atoms. The van der Waals surface area contributed by atoms with Crippen molar-refractivity contribution in [2.24, 2.45) is 18.9 Å². The van der Waals surface area contributed by atoms with Crippen LogP contribution in [0.15, 0.2) is 53.5 Å².